The zero-order valence-corrected chi connectivity index (χ0v) is 15.1. The van der Waals surface area contributed by atoms with Gasteiger partial charge in [0.1, 0.15) is 5.75 Å². The topological polar surface area (TPSA) is 79.5 Å². The van der Waals surface area contributed by atoms with E-state index in [1.165, 1.54) is 0 Å². The van der Waals surface area contributed by atoms with Crippen LogP contribution in [0.5, 0.6) is 5.75 Å². The largest absolute Gasteiger partial charge is 0.507 e. The Labute approximate surface area is 157 Å². The zero-order chi connectivity index (χ0) is 18.8. The fourth-order valence-corrected chi connectivity index (χ4v) is 3.02. The Hall–Kier alpha value is -3.15. The highest BCUT2D eigenvalue weighted by Crippen LogP contribution is 2.38. The van der Waals surface area contributed by atoms with Crippen LogP contribution in [0.2, 0.25) is 0 Å². The quantitative estimate of drug-likeness (QED) is 0.716. The Morgan fingerprint density at radius 1 is 1.19 bits per heavy atom. The van der Waals surface area contributed by atoms with Gasteiger partial charge in [0.15, 0.2) is 5.82 Å². The van der Waals surface area contributed by atoms with Crippen LogP contribution in [0.1, 0.15) is 47.8 Å². The monoisotopic (exact) mass is 363 g/mol. The van der Waals surface area contributed by atoms with Gasteiger partial charge in [-0.15, -0.1) is 0 Å². The first-order valence-corrected chi connectivity index (χ1v) is 9.16. The van der Waals surface area contributed by atoms with Gasteiger partial charge in [-0.25, -0.2) is 0 Å². The van der Waals surface area contributed by atoms with E-state index in [2.05, 4.69) is 10.1 Å². The van der Waals surface area contributed by atoms with Gasteiger partial charge in [-0.05, 0) is 43.5 Å². The average Bonchev–Trinajstić information content (AvgIpc) is 3.45. The van der Waals surface area contributed by atoms with E-state index in [-0.39, 0.29) is 11.7 Å². The average molecular weight is 363 g/mol. The Kier molecular flexibility index (Phi) is 4.62. The van der Waals surface area contributed by atoms with Crippen LogP contribution in [-0.2, 0) is 6.54 Å². The molecule has 0 bridgehead atoms. The Morgan fingerprint density at radius 2 is 1.93 bits per heavy atom. The van der Waals surface area contributed by atoms with E-state index >= 15 is 0 Å². The molecule has 6 nitrogen and oxygen atoms in total. The number of phenols is 1. The van der Waals surface area contributed by atoms with Gasteiger partial charge >= 0.3 is 0 Å². The second kappa shape index (κ2) is 7.23. The third-order valence-electron chi connectivity index (χ3n) is 4.76. The van der Waals surface area contributed by atoms with Crippen molar-refractivity contribution < 1.29 is 14.4 Å². The van der Waals surface area contributed by atoms with E-state index in [1.54, 1.807) is 29.2 Å². The van der Waals surface area contributed by atoms with Gasteiger partial charge in [0.25, 0.3) is 5.91 Å². The lowest BCUT2D eigenvalue weighted by Gasteiger charge is -2.19. The summed E-state index contributed by atoms with van der Waals surface area (Å²) in [6, 6.07) is 14.4. The van der Waals surface area contributed by atoms with Crippen molar-refractivity contribution in [2.75, 3.05) is 6.54 Å². The summed E-state index contributed by atoms with van der Waals surface area (Å²) < 4.78 is 5.27. The number of phenolic OH excluding ortho intramolecular Hbond substituents is 1. The summed E-state index contributed by atoms with van der Waals surface area (Å²) in [6.07, 6.45) is 2.20. The summed E-state index contributed by atoms with van der Waals surface area (Å²) >= 11 is 0. The molecule has 1 fully saturated rings. The number of carbonyl (C=O) groups excluding carboxylic acids is 1. The molecule has 0 atom stereocenters. The molecule has 0 spiro atoms. The van der Waals surface area contributed by atoms with Gasteiger partial charge in [-0.3, -0.25) is 4.79 Å². The molecule has 0 unspecified atom stereocenters. The molecule has 4 rings (SSSR count). The first kappa shape index (κ1) is 17.3. The number of hydrogen-bond acceptors (Lipinski definition) is 5. The first-order chi connectivity index (χ1) is 13.2. The van der Waals surface area contributed by atoms with Crippen molar-refractivity contribution in [3.05, 3.63) is 65.8 Å². The number of nitrogens with zero attached hydrogens (tertiary/aromatic N) is 3. The predicted octanol–water partition coefficient (Wildman–Crippen LogP) is 3.98. The van der Waals surface area contributed by atoms with Crippen LogP contribution >= 0.6 is 0 Å². The summed E-state index contributed by atoms with van der Waals surface area (Å²) in [5, 5.41) is 14.0. The van der Waals surface area contributed by atoms with Crippen molar-refractivity contribution in [3.63, 3.8) is 0 Å². The van der Waals surface area contributed by atoms with E-state index in [0.717, 1.165) is 24.0 Å². The van der Waals surface area contributed by atoms with Crippen molar-refractivity contribution in [2.45, 2.75) is 32.2 Å². The van der Waals surface area contributed by atoms with Crippen LogP contribution in [0.15, 0.2) is 53.1 Å². The molecule has 27 heavy (non-hydrogen) atoms. The maximum absolute atomic E-state index is 12.8. The minimum atomic E-state index is -0.0842. The molecule has 0 aliphatic heterocycles. The molecule has 138 valence electrons. The number of aromatic nitrogens is 2. The molecule has 1 heterocycles. The molecule has 0 radical (unpaired) electrons. The van der Waals surface area contributed by atoms with Gasteiger partial charge in [-0.1, -0.05) is 35.5 Å². The van der Waals surface area contributed by atoms with E-state index in [0.29, 0.717) is 36.3 Å². The molecule has 1 N–H and O–H groups in total. The SMILES string of the molecule is CCN(Cc1noc(C2CC2)n1)C(=O)c1ccc(-c2ccccc2O)cc1. The summed E-state index contributed by atoms with van der Waals surface area (Å²) in [7, 11) is 0. The van der Waals surface area contributed by atoms with Crippen molar-refractivity contribution >= 4 is 5.91 Å². The highest BCUT2D eigenvalue weighted by molar-refractivity contribution is 5.94. The maximum atomic E-state index is 12.8. The van der Waals surface area contributed by atoms with Crippen LogP contribution in [0.3, 0.4) is 0 Å². The molecule has 1 saturated carbocycles. The molecule has 1 aliphatic rings. The van der Waals surface area contributed by atoms with Crippen LogP contribution < -0.4 is 0 Å². The standard InChI is InChI=1S/C21H21N3O3/c1-2-24(13-19-22-20(27-23-19)15-9-10-15)21(26)16-11-7-14(8-12-16)17-5-3-4-6-18(17)25/h3-8,11-12,15,25H,2,9-10,13H2,1H3. The van der Waals surface area contributed by atoms with Gasteiger partial charge in [0.05, 0.1) is 6.54 Å². The highest BCUT2D eigenvalue weighted by Gasteiger charge is 2.30. The van der Waals surface area contributed by atoms with Crippen LogP contribution in [0, 0.1) is 0 Å². The summed E-state index contributed by atoms with van der Waals surface area (Å²) in [5.74, 6) is 1.76. The number of amides is 1. The van der Waals surface area contributed by atoms with Crippen molar-refractivity contribution in [3.8, 4) is 16.9 Å². The molecule has 3 aromatic rings. The summed E-state index contributed by atoms with van der Waals surface area (Å²) in [6.45, 7) is 2.80. The molecule has 1 aromatic heterocycles. The zero-order valence-electron chi connectivity index (χ0n) is 15.1. The molecular formula is C21H21N3O3. The highest BCUT2D eigenvalue weighted by atomic mass is 16.5. The van der Waals surface area contributed by atoms with Crippen molar-refractivity contribution in [1.29, 1.82) is 0 Å². The molecule has 1 aliphatic carbocycles. The first-order valence-electron chi connectivity index (χ1n) is 9.16. The summed E-state index contributed by atoms with van der Waals surface area (Å²) in [4.78, 5) is 18.9. The Morgan fingerprint density at radius 3 is 2.59 bits per heavy atom. The Bertz CT molecular complexity index is 945. The smallest absolute Gasteiger partial charge is 0.254 e. The summed E-state index contributed by atoms with van der Waals surface area (Å²) in [5.41, 5.74) is 2.19. The van der Waals surface area contributed by atoms with Gasteiger partial charge in [-0.2, -0.15) is 4.98 Å². The molecule has 6 heteroatoms. The minimum absolute atomic E-state index is 0.0842. The third kappa shape index (κ3) is 3.69. The normalized spacial score (nSPS) is 13.5. The lowest BCUT2D eigenvalue weighted by Crippen LogP contribution is -2.30. The fraction of sp³-hybridized carbons (Fsp3) is 0.286. The number of rotatable bonds is 6. The predicted molar refractivity (Wildman–Crippen MR) is 100 cm³/mol. The molecule has 1 amide bonds. The van der Waals surface area contributed by atoms with E-state index < -0.39 is 0 Å². The molecular weight excluding hydrogens is 342 g/mol. The number of hydrogen-bond donors (Lipinski definition) is 1. The lowest BCUT2D eigenvalue weighted by atomic mass is 10.0. The second-order valence-electron chi connectivity index (χ2n) is 6.74. The Balaban J connectivity index is 1.49. The van der Waals surface area contributed by atoms with Gasteiger partial charge < -0.3 is 14.5 Å². The van der Waals surface area contributed by atoms with Crippen molar-refractivity contribution in [2.24, 2.45) is 0 Å². The fourth-order valence-electron chi connectivity index (χ4n) is 3.02. The second-order valence-corrected chi connectivity index (χ2v) is 6.74. The maximum Gasteiger partial charge on any atom is 0.254 e. The van der Waals surface area contributed by atoms with Crippen LogP contribution in [-0.4, -0.2) is 32.6 Å². The molecule has 2 aromatic carbocycles. The number of aromatic hydroxyl groups is 1. The minimum Gasteiger partial charge on any atom is -0.507 e. The van der Waals surface area contributed by atoms with E-state index in [9.17, 15) is 9.90 Å². The number of carbonyl (C=O) groups is 1. The molecule has 0 saturated heterocycles. The van der Waals surface area contributed by atoms with Crippen molar-refractivity contribution in [1.82, 2.24) is 15.0 Å². The third-order valence-corrected chi connectivity index (χ3v) is 4.76. The van der Waals surface area contributed by atoms with Crippen LogP contribution in [0.25, 0.3) is 11.1 Å². The van der Waals surface area contributed by atoms with E-state index in [4.69, 9.17) is 4.52 Å². The number of benzene rings is 2. The van der Waals surface area contributed by atoms with E-state index in [1.807, 2.05) is 31.2 Å². The van der Waals surface area contributed by atoms with Crippen LogP contribution in [0.4, 0.5) is 0 Å². The number of para-hydroxylation sites is 1. The van der Waals surface area contributed by atoms with Gasteiger partial charge in [0.2, 0.25) is 5.89 Å². The lowest BCUT2D eigenvalue weighted by molar-refractivity contribution is 0.0747. The van der Waals surface area contributed by atoms with Gasteiger partial charge in [0, 0.05) is 23.6 Å².